The molecule has 2 aliphatic rings. The van der Waals surface area contributed by atoms with Crippen LogP contribution in [0.4, 0.5) is 5.69 Å². The van der Waals surface area contributed by atoms with Gasteiger partial charge in [-0.2, -0.15) is 0 Å². The molecule has 1 aromatic rings. The van der Waals surface area contributed by atoms with Crippen molar-refractivity contribution in [1.29, 1.82) is 0 Å². The van der Waals surface area contributed by atoms with Crippen molar-refractivity contribution in [3.63, 3.8) is 0 Å². The molecule has 2 saturated heterocycles. The predicted molar refractivity (Wildman–Crippen MR) is 87.4 cm³/mol. The summed E-state index contributed by atoms with van der Waals surface area (Å²) < 4.78 is 6.26. The van der Waals surface area contributed by atoms with Crippen LogP contribution in [0.3, 0.4) is 0 Å². The molecule has 0 aromatic heterocycles. The summed E-state index contributed by atoms with van der Waals surface area (Å²) in [5, 5.41) is 3.38. The number of para-hydroxylation sites is 2. The number of anilines is 1. The molecule has 2 heterocycles. The number of benzene rings is 1. The average molecular weight is 303 g/mol. The lowest BCUT2D eigenvalue weighted by molar-refractivity contribution is -0.131. The summed E-state index contributed by atoms with van der Waals surface area (Å²) in [6.45, 7) is 7.22. The third kappa shape index (κ3) is 3.53. The van der Waals surface area contributed by atoms with E-state index in [0.717, 1.165) is 51.3 Å². The molecule has 2 aliphatic heterocycles. The topological polar surface area (TPSA) is 44.8 Å². The Morgan fingerprint density at radius 1 is 1.23 bits per heavy atom. The van der Waals surface area contributed by atoms with E-state index in [4.69, 9.17) is 4.74 Å². The van der Waals surface area contributed by atoms with Crippen molar-refractivity contribution >= 4 is 11.6 Å². The average Bonchev–Trinajstić information content (AvgIpc) is 2.56. The molecule has 22 heavy (non-hydrogen) atoms. The van der Waals surface area contributed by atoms with Crippen molar-refractivity contribution in [2.24, 2.45) is 0 Å². The standard InChI is InChI=1S/C17H25N3O2/c1-14(21)20-10-4-5-15(13-20)22-17-7-3-2-6-16(17)19-11-8-18-9-12-19/h2-3,6-7,15,18H,4-5,8-13H2,1H3/t15-/m1/s1. The van der Waals surface area contributed by atoms with Crippen LogP contribution in [0.5, 0.6) is 5.75 Å². The van der Waals surface area contributed by atoms with E-state index in [2.05, 4.69) is 22.3 Å². The zero-order valence-electron chi connectivity index (χ0n) is 13.3. The van der Waals surface area contributed by atoms with E-state index in [1.807, 2.05) is 17.0 Å². The summed E-state index contributed by atoms with van der Waals surface area (Å²) in [6, 6.07) is 8.26. The molecular formula is C17H25N3O2. The Kier molecular flexibility index (Phi) is 4.83. The fourth-order valence-electron chi connectivity index (χ4n) is 3.22. The zero-order valence-corrected chi connectivity index (χ0v) is 13.3. The SMILES string of the molecule is CC(=O)N1CCC[C@@H](Oc2ccccc2N2CCNCC2)C1. The van der Waals surface area contributed by atoms with Gasteiger partial charge in [0.05, 0.1) is 12.2 Å². The molecule has 5 nitrogen and oxygen atoms in total. The van der Waals surface area contributed by atoms with Gasteiger partial charge in [-0.05, 0) is 25.0 Å². The van der Waals surface area contributed by atoms with E-state index in [9.17, 15) is 4.79 Å². The maximum Gasteiger partial charge on any atom is 0.219 e. The Labute approximate surface area is 132 Å². The number of nitrogens with zero attached hydrogens (tertiary/aromatic N) is 2. The van der Waals surface area contributed by atoms with Crippen molar-refractivity contribution in [2.45, 2.75) is 25.9 Å². The molecule has 0 aliphatic carbocycles. The number of rotatable bonds is 3. The summed E-state index contributed by atoms with van der Waals surface area (Å²) in [5.74, 6) is 1.09. The highest BCUT2D eigenvalue weighted by Gasteiger charge is 2.24. The third-order valence-electron chi connectivity index (χ3n) is 4.44. The van der Waals surface area contributed by atoms with Gasteiger partial charge in [0, 0.05) is 39.6 Å². The van der Waals surface area contributed by atoms with Gasteiger partial charge >= 0.3 is 0 Å². The van der Waals surface area contributed by atoms with Crippen LogP contribution in [0, 0.1) is 0 Å². The lowest BCUT2D eigenvalue weighted by atomic mass is 10.1. The number of hydrogen-bond acceptors (Lipinski definition) is 4. The van der Waals surface area contributed by atoms with E-state index < -0.39 is 0 Å². The largest absolute Gasteiger partial charge is 0.486 e. The second-order valence-electron chi connectivity index (χ2n) is 6.05. The summed E-state index contributed by atoms with van der Waals surface area (Å²) in [5.41, 5.74) is 1.17. The first-order valence-electron chi connectivity index (χ1n) is 8.21. The number of carbonyl (C=O) groups is 1. The fraction of sp³-hybridized carbons (Fsp3) is 0.588. The molecule has 1 amide bonds. The van der Waals surface area contributed by atoms with Gasteiger partial charge in [0.15, 0.2) is 0 Å². The Morgan fingerprint density at radius 2 is 2.00 bits per heavy atom. The Balaban J connectivity index is 1.70. The summed E-state index contributed by atoms with van der Waals surface area (Å²) in [6.07, 6.45) is 2.13. The van der Waals surface area contributed by atoms with Crippen molar-refractivity contribution in [3.05, 3.63) is 24.3 Å². The normalized spacial score (nSPS) is 22.5. The van der Waals surface area contributed by atoms with Crippen molar-refractivity contribution in [3.8, 4) is 5.75 Å². The van der Waals surface area contributed by atoms with E-state index in [1.54, 1.807) is 6.92 Å². The van der Waals surface area contributed by atoms with Crippen LogP contribution in [0.1, 0.15) is 19.8 Å². The molecule has 3 rings (SSSR count). The molecule has 1 aromatic carbocycles. The zero-order chi connectivity index (χ0) is 15.4. The van der Waals surface area contributed by atoms with E-state index >= 15 is 0 Å². The molecule has 120 valence electrons. The van der Waals surface area contributed by atoms with E-state index in [1.165, 1.54) is 5.69 Å². The molecule has 0 saturated carbocycles. The Morgan fingerprint density at radius 3 is 2.77 bits per heavy atom. The van der Waals surface area contributed by atoms with Gasteiger partial charge in [-0.3, -0.25) is 4.79 Å². The summed E-state index contributed by atoms with van der Waals surface area (Å²) in [4.78, 5) is 15.8. The second-order valence-corrected chi connectivity index (χ2v) is 6.05. The maximum atomic E-state index is 11.6. The molecule has 1 atom stereocenters. The first-order chi connectivity index (χ1) is 10.7. The first kappa shape index (κ1) is 15.2. The molecule has 5 heteroatoms. The predicted octanol–water partition coefficient (Wildman–Crippen LogP) is 1.49. The Hall–Kier alpha value is -1.75. The van der Waals surface area contributed by atoms with Crippen molar-refractivity contribution in [2.75, 3.05) is 44.2 Å². The summed E-state index contributed by atoms with van der Waals surface area (Å²) in [7, 11) is 0. The van der Waals surface area contributed by atoms with Crippen molar-refractivity contribution in [1.82, 2.24) is 10.2 Å². The number of hydrogen-bond donors (Lipinski definition) is 1. The van der Waals surface area contributed by atoms with Crippen molar-refractivity contribution < 1.29 is 9.53 Å². The lowest BCUT2D eigenvalue weighted by Crippen LogP contribution is -2.45. The van der Waals surface area contributed by atoms with Gasteiger partial charge in [-0.1, -0.05) is 12.1 Å². The van der Waals surface area contributed by atoms with Gasteiger partial charge in [-0.15, -0.1) is 0 Å². The van der Waals surface area contributed by atoms with Gasteiger partial charge in [0.2, 0.25) is 5.91 Å². The molecular weight excluding hydrogens is 278 g/mol. The number of carbonyl (C=O) groups excluding carboxylic acids is 1. The number of likely N-dealkylation sites (tertiary alicyclic amines) is 1. The minimum atomic E-state index is 0.0988. The van der Waals surface area contributed by atoms with E-state index in [0.29, 0.717) is 6.54 Å². The quantitative estimate of drug-likeness (QED) is 0.919. The monoisotopic (exact) mass is 303 g/mol. The minimum Gasteiger partial charge on any atom is -0.486 e. The van der Waals surface area contributed by atoms with Gasteiger partial charge < -0.3 is 19.9 Å². The van der Waals surface area contributed by atoms with Crippen LogP contribution in [0.25, 0.3) is 0 Å². The van der Waals surface area contributed by atoms with Crippen LogP contribution >= 0.6 is 0 Å². The molecule has 2 fully saturated rings. The molecule has 0 unspecified atom stereocenters. The molecule has 0 radical (unpaired) electrons. The number of amides is 1. The second kappa shape index (κ2) is 7.01. The fourth-order valence-corrected chi connectivity index (χ4v) is 3.22. The van der Waals surface area contributed by atoms with Crippen LogP contribution in [0.15, 0.2) is 24.3 Å². The molecule has 0 bridgehead atoms. The molecule has 1 N–H and O–H groups in total. The number of piperazine rings is 1. The highest BCUT2D eigenvalue weighted by Crippen LogP contribution is 2.30. The number of ether oxygens (including phenoxy) is 1. The highest BCUT2D eigenvalue weighted by molar-refractivity contribution is 5.73. The number of piperidine rings is 1. The number of nitrogens with one attached hydrogen (secondary N) is 1. The third-order valence-corrected chi connectivity index (χ3v) is 4.44. The van der Waals surface area contributed by atoms with Gasteiger partial charge in [-0.25, -0.2) is 0 Å². The maximum absolute atomic E-state index is 11.6. The van der Waals surface area contributed by atoms with Crippen LogP contribution in [-0.2, 0) is 4.79 Å². The van der Waals surface area contributed by atoms with Crippen LogP contribution in [-0.4, -0.2) is 56.2 Å². The lowest BCUT2D eigenvalue weighted by Gasteiger charge is -2.35. The van der Waals surface area contributed by atoms with E-state index in [-0.39, 0.29) is 12.0 Å². The van der Waals surface area contributed by atoms with Gasteiger partial charge in [0.1, 0.15) is 11.9 Å². The van der Waals surface area contributed by atoms with Crippen LogP contribution < -0.4 is 15.0 Å². The molecule has 0 spiro atoms. The minimum absolute atomic E-state index is 0.0988. The summed E-state index contributed by atoms with van der Waals surface area (Å²) >= 11 is 0. The van der Waals surface area contributed by atoms with Crippen LogP contribution in [0.2, 0.25) is 0 Å². The highest BCUT2D eigenvalue weighted by atomic mass is 16.5. The Bertz CT molecular complexity index is 514. The van der Waals surface area contributed by atoms with Gasteiger partial charge in [0.25, 0.3) is 0 Å². The smallest absolute Gasteiger partial charge is 0.219 e. The first-order valence-corrected chi connectivity index (χ1v) is 8.21.